The van der Waals surface area contributed by atoms with E-state index in [-0.39, 0.29) is 17.8 Å². The number of rotatable bonds is 3. The van der Waals surface area contributed by atoms with Crippen molar-refractivity contribution in [2.24, 2.45) is 5.73 Å². The Morgan fingerprint density at radius 1 is 1.10 bits per heavy atom. The normalized spacial score (nSPS) is 10.2. The van der Waals surface area contributed by atoms with Gasteiger partial charge in [0.15, 0.2) is 0 Å². The maximum absolute atomic E-state index is 13.5. The Bertz CT molecular complexity index is 632. The van der Waals surface area contributed by atoms with E-state index in [2.05, 4.69) is 10.6 Å². The van der Waals surface area contributed by atoms with Gasteiger partial charge < -0.3 is 16.4 Å². The van der Waals surface area contributed by atoms with Crippen LogP contribution in [-0.2, 0) is 6.54 Å². The van der Waals surface area contributed by atoms with E-state index in [9.17, 15) is 13.6 Å². The van der Waals surface area contributed by atoms with Crippen molar-refractivity contribution in [1.82, 2.24) is 0 Å². The Morgan fingerprint density at radius 2 is 1.85 bits per heavy atom. The average Bonchev–Trinajstić information content (AvgIpc) is 2.38. The summed E-state index contributed by atoms with van der Waals surface area (Å²) in [6, 6.07) is 9.12. The van der Waals surface area contributed by atoms with Crippen LogP contribution < -0.4 is 16.4 Å². The SMILES string of the molecule is NCc1c(F)cccc1NC(=O)Nc1cccc(F)c1. The van der Waals surface area contributed by atoms with Crippen LogP contribution in [0.3, 0.4) is 0 Å². The van der Waals surface area contributed by atoms with Crippen molar-refractivity contribution in [3.8, 4) is 0 Å². The number of nitrogens with one attached hydrogen (secondary N) is 2. The third-order valence-electron chi connectivity index (χ3n) is 2.65. The van der Waals surface area contributed by atoms with Gasteiger partial charge in [0.05, 0.1) is 0 Å². The first-order chi connectivity index (χ1) is 9.60. The van der Waals surface area contributed by atoms with Crippen molar-refractivity contribution in [3.05, 3.63) is 59.7 Å². The van der Waals surface area contributed by atoms with Crippen LogP contribution >= 0.6 is 0 Å². The molecule has 4 nitrogen and oxygen atoms in total. The Hall–Kier alpha value is -2.47. The highest BCUT2D eigenvalue weighted by Gasteiger charge is 2.10. The number of urea groups is 1. The summed E-state index contributed by atoms with van der Waals surface area (Å²) in [5.41, 5.74) is 6.23. The first-order valence-electron chi connectivity index (χ1n) is 5.91. The standard InChI is InChI=1S/C14H13F2N3O/c15-9-3-1-4-10(7-9)18-14(20)19-13-6-2-5-12(16)11(13)8-17/h1-7H,8,17H2,(H2,18,19,20). The number of anilines is 2. The lowest BCUT2D eigenvalue weighted by Gasteiger charge is -2.11. The Kier molecular flexibility index (Phi) is 4.27. The van der Waals surface area contributed by atoms with Gasteiger partial charge in [-0.05, 0) is 30.3 Å². The summed E-state index contributed by atoms with van der Waals surface area (Å²) in [4.78, 5) is 11.8. The van der Waals surface area contributed by atoms with Crippen molar-refractivity contribution in [2.45, 2.75) is 6.54 Å². The van der Waals surface area contributed by atoms with Gasteiger partial charge >= 0.3 is 6.03 Å². The molecule has 0 radical (unpaired) electrons. The zero-order chi connectivity index (χ0) is 14.5. The minimum absolute atomic E-state index is 0.0394. The van der Waals surface area contributed by atoms with E-state index in [1.54, 1.807) is 0 Å². The molecule has 0 fully saturated rings. The summed E-state index contributed by atoms with van der Waals surface area (Å²) in [6.07, 6.45) is 0. The molecule has 2 rings (SSSR count). The van der Waals surface area contributed by atoms with Crippen molar-refractivity contribution in [2.75, 3.05) is 10.6 Å². The second-order valence-corrected chi connectivity index (χ2v) is 4.06. The predicted molar refractivity (Wildman–Crippen MR) is 73.3 cm³/mol. The molecule has 0 heterocycles. The molecule has 2 aromatic rings. The van der Waals surface area contributed by atoms with Crippen molar-refractivity contribution < 1.29 is 13.6 Å². The molecule has 0 unspecified atom stereocenters. The maximum Gasteiger partial charge on any atom is 0.323 e. The van der Waals surface area contributed by atoms with E-state index in [0.29, 0.717) is 5.69 Å². The molecule has 0 aliphatic carbocycles. The maximum atomic E-state index is 13.5. The number of hydrogen-bond acceptors (Lipinski definition) is 2. The second-order valence-electron chi connectivity index (χ2n) is 4.06. The molecule has 20 heavy (non-hydrogen) atoms. The smallest absolute Gasteiger partial charge is 0.323 e. The molecular formula is C14H13F2N3O. The number of hydrogen-bond donors (Lipinski definition) is 3. The van der Waals surface area contributed by atoms with Crippen molar-refractivity contribution in [1.29, 1.82) is 0 Å². The molecular weight excluding hydrogens is 264 g/mol. The van der Waals surface area contributed by atoms with E-state index in [1.165, 1.54) is 42.5 Å². The monoisotopic (exact) mass is 277 g/mol. The fourth-order valence-corrected chi connectivity index (χ4v) is 1.73. The van der Waals surface area contributed by atoms with Crippen LogP contribution in [0.4, 0.5) is 25.0 Å². The molecule has 0 aliphatic rings. The summed E-state index contributed by atoms with van der Waals surface area (Å²) in [6.45, 7) is -0.0394. The molecule has 0 saturated heterocycles. The van der Waals surface area contributed by atoms with E-state index in [0.717, 1.165) is 0 Å². The molecule has 2 aromatic carbocycles. The zero-order valence-electron chi connectivity index (χ0n) is 10.5. The van der Waals surface area contributed by atoms with Crippen LogP contribution in [0, 0.1) is 11.6 Å². The van der Waals surface area contributed by atoms with Crippen LogP contribution in [0.5, 0.6) is 0 Å². The fraction of sp³-hybridized carbons (Fsp3) is 0.0714. The molecule has 0 bridgehead atoms. The highest BCUT2D eigenvalue weighted by atomic mass is 19.1. The van der Waals surface area contributed by atoms with E-state index in [4.69, 9.17) is 5.73 Å². The largest absolute Gasteiger partial charge is 0.326 e. The van der Waals surface area contributed by atoms with Gasteiger partial charge in [0.25, 0.3) is 0 Å². The molecule has 0 spiro atoms. The molecule has 0 aliphatic heterocycles. The van der Waals surface area contributed by atoms with Gasteiger partial charge in [0.2, 0.25) is 0 Å². The quantitative estimate of drug-likeness (QED) is 0.807. The minimum atomic E-state index is -0.601. The Balaban J connectivity index is 2.11. The van der Waals surface area contributed by atoms with Crippen LogP contribution in [0.2, 0.25) is 0 Å². The summed E-state index contributed by atoms with van der Waals surface area (Å²) in [5, 5.41) is 4.93. The lowest BCUT2D eigenvalue weighted by atomic mass is 10.1. The van der Waals surface area contributed by atoms with Crippen molar-refractivity contribution >= 4 is 17.4 Å². The van der Waals surface area contributed by atoms with Crippen LogP contribution in [0.1, 0.15) is 5.56 Å². The number of nitrogens with two attached hydrogens (primary N) is 1. The van der Waals surface area contributed by atoms with Gasteiger partial charge in [0.1, 0.15) is 11.6 Å². The lowest BCUT2D eigenvalue weighted by molar-refractivity contribution is 0.262. The van der Waals surface area contributed by atoms with Gasteiger partial charge in [-0.15, -0.1) is 0 Å². The molecule has 104 valence electrons. The lowest BCUT2D eigenvalue weighted by Crippen LogP contribution is -2.21. The van der Waals surface area contributed by atoms with E-state index in [1.807, 2.05) is 0 Å². The molecule has 0 atom stereocenters. The third-order valence-corrected chi connectivity index (χ3v) is 2.65. The summed E-state index contributed by atoms with van der Waals surface area (Å²) >= 11 is 0. The number of amides is 2. The van der Waals surface area contributed by atoms with Gasteiger partial charge in [-0.2, -0.15) is 0 Å². The summed E-state index contributed by atoms with van der Waals surface area (Å²) < 4.78 is 26.5. The van der Waals surface area contributed by atoms with E-state index >= 15 is 0 Å². The van der Waals surface area contributed by atoms with Gasteiger partial charge in [-0.3, -0.25) is 0 Å². The van der Waals surface area contributed by atoms with Crippen LogP contribution in [-0.4, -0.2) is 6.03 Å². The highest BCUT2D eigenvalue weighted by Crippen LogP contribution is 2.18. The predicted octanol–water partition coefficient (Wildman–Crippen LogP) is 3.07. The first-order valence-corrected chi connectivity index (χ1v) is 5.91. The Labute approximate surface area is 114 Å². The molecule has 4 N–H and O–H groups in total. The van der Waals surface area contributed by atoms with Crippen molar-refractivity contribution in [3.63, 3.8) is 0 Å². The van der Waals surface area contributed by atoms with Gasteiger partial charge in [-0.25, -0.2) is 13.6 Å². The highest BCUT2D eigenvalue weighted by molar-refractivity contribution is 6.00. The second kappa shape index (κ2) is 6.12. The summed E-state index contributed by atoms with van der Waals surface area (Å²) in [7, 11) is 0. The number of halogens is 2. The minimum Gasteiger partial charge on any atom is -0.326 e. The van der Waals surface area contributed by atoms with E-state index < -0.39 is 17.7 Å². The van der Waals surface area contributed by atoms with Gasteiger partial charge in [-0.1, -0.05) is 12.1 Å². The number of carbonyl (C=O) groups excluding carboxylic acids is 1. The number of benzene rings is 2. The number of carbonyl (C=O) groups is 1. The van der Waals surface area contributed by atoms with Crippen LogP contribution in [0.15, 0.2) is 42.5 Å². The van der Waals surface area contributed by atoms with Gasteiger partial charge in [0, 0.05) is 23.5 Å². The van der Waals surface area contributed by atoms with Crippen LogP contribution in [0.25, 0.3) is 0 Å². The molecule has 2 amide bonds. The molecule has 0 saturated carbocycles. The zero-order valence-corrected chi connectivity index (χ0v) is 10.5. The molecule has 0 aromatic heterocycles. The molecule has 6 heteroatoms. The third kappa shape index (κ3) is 3.30. The average molecular weight is 277 g/mol. The fourth-order valence-electron chi connectivity index (χ4n) is 1.73. The topological polar surface area (TPSA) is 67.1 Å². The summed E-state index contributed by atoms with van der Waals surface area (Å²) in [5.74, 6) is -0.952. The Morgan fingerprint density at radius 3 is 2.55 bits per heavy atom. The first kappa shape index (κ1) is 14.0.